The van der Waals surface area contributed by atoms with Crippen LogP contribution in [-0.2, 0) is 11.2 Å². The van der Waals surface area contributed by atoms with E-state index in [9.17, 15) is 9.90 Å². The van der Waals surface area contributed by atoms with Crippen molar-refractivity contribution in [1.82, 2.24) is 14.8 Å². The average Bonchev–Trinajstić information content (AvgIpc) is 2.83. The van der Waals surface area contributed by atoms with Crippen molar-refractivity contribution in [2.45, 2.75) is 44.1 Å². The lowest BCUT2D eigenvalue weighted by Gasteiger charge is -2.27. The van der Waals surface area contributed by atoms with Crippen molar-refractivity contribution >= 4 is 17.7 Å². The van der Waals surface area contributed by atoms with Crippen LogP contribution in [0.2, 0.25) is 0 Å². The molecule has 1 aromatic heterocycles. The van der Waals surface area contributed by atoms with Crippen LogP contribution in [0.4, 0.5) is 0 Å². The van der Waals surface area contributed by atoms with Crippen LogP contribution in [0, 0.1) is 0 Å². The summed E-state index contributed by atoms with van der Waals surface area (Å²) < 4.78 is 1.91. The predicted octanol–water partition coefficient (Wildman–Crippen LogP) is 1.85. The Morgan fingerprint density at radius 3 is 2.94 bits per heavy atom. The van der Waals surface area contributed by atoms with Gasteiger partial charge in [-0.05, 0) is 31.4 Å². The summed E-state index contributed by atoms with van der Waals surface area (Å²) in [4.78, 5) is 11.4. The zero-order chi connectivity index (χ0) is 12.5. The third-order valence-electron chi connectivity index (χ3n) is 3.79. The molecule has 0 aromatic carbocycles. The third kappa shape index (κ3) is 2.02. The highest BCUT2D eigenvalue weighted by atomic mass is 32.2. The van der Waals surface area contributed by atoms with Gasteiger partial charge in [0.25, 0.3) is 0 Å². The van der Waals surface area contributed by atoms with Crippen molar-refractivity contribution in [1.29, 1.82) is 0 Å². The zero-order valence-electron chi connectivity index (χ0n) is 10.2. The molecule has 0 bridgehead atoms. The molecule has 3 heterocycles. The second kappa shape index (κ2) is 4.91. The molecule has 1 saturated heterocycles. The molecule has 2 atom stereocenters. The number of aliphatic carboxylic acids is 1. The summed E-state index contributed by atoms with van der Waals surface area (Å²) in [5.74, 6) is 3.65. The molecule has 1 N–H and O–H groups in total. The predicted molar refractivity (Wildman–Crippen MR) is 68.9 cm³/mol. The van der Waals surface area contributed by atoms with Crippen LogP contribution in [0.15, 0.2) is 0 Å². The molecule has 1 aromatic rings. The number of fused-ring (bicyclic) bond motifs is 1. The van der Waals surface area contributed by atoms with Crippen LogP contribution >= 0.6 is 11.8 Å². The molecule has 6 heteroatoms. The van der Waals surface area contributed by atoms with Crippen molar-refractivity contribution in [2.75, 3.05) is 11.5 Å². The maximum Gasteiger partial charge on any atom is 0.326 e. The minimum Gasteiger partial charge on any atom is -0.480 e. The summed E-state index contributed by atoms with van der Waals surface area (Å²) in [5.41, 5.74) is 0. The fourth-order valence-corrected chi connectivity index (χ4v) is 4.02. The molecule has 2 unspecified atom stereocenters. The van der Waals surface area contributed by atoms with E-state index in [1.54, 1.807) is 0 Å². The van der Waals surface area contributed by atoms with E-state index < -0.39 is 12.0 Å². The summed E-state index contributed by atoms with van der Waals surface area (Å²) in [6.07, 6.45) is 4.76. The van der Waals surface area contributed by atoms with Crippen LogP contribution in [0.3, 0.4) is 0 Å². The molecule has 0 saturated carbocycles. The fraction of sp³-hybridized carbons (Fsp3) is 0.750. The van der Waals surface area contributed by atoms with Crippen LogP contribution in [0.1, 0.15) is 49.3 Å². The molecule has 5 nitrogen and oxygen atoms in total. The fourth-order valence-electron chi connectivity index (χ4n) is 2.89. The van der Waals surface area contributed by atoms with Crippen molar-refractivity contribution in [3.05, 3.63) is 11.6 Å². The van der Waals surface area contributed by atoms with Gasteiger partial charge in [0.05, 0.1) is 0 Å². The van der Waals surface area contributed by atoms with E-state index in [2.05, 4.69) is 10.2 Å². The Kier molecular flexibility index (Phi) is 3.28. The second-order valence-corrected chi connectivity index (χ2v) is 6.15. The van der Waals surface area contributed by atoms with E-state index in [1.807, 2.05) is 16.3 Å². The number of thioether (sulfide) groups is 1. The van der Waals surface area contributed by atoms with Gasteiger partial charge in [0.1, 0.15) is 17.7 Å². The van der Waals surface area contributed by atoms with Gasteiger partial charge >= 0.3 is 5.97 Å². The Morgan fingerprint density at radius 2 is 2.22 bits per heavy atom. The smallest absolute Gasteiger partial charge is 0.326 e. The molecule has 2 aliphatic heterocycles. The maximum absolute atomic E-state index is 11.4. The number of aryl methyl sites for hydroxylation is 1. The van der Waals surface area contributed by atoms with E-state index in [-0.39, 0.29) is 0 Å². The monoisotopic (exact) mass is 267 g/mol. The number of hydrogen-bond acceptors (Lipinski definition) is 4. The van der Waals surface area contributed by atoms with Crippen LogP contribution in [-0.4, -0.2) is 37.3 Å². The van der Waals surface area contributed by atoms with Gasteiger partial charge in [-0.2, -0.15) is 11.8 Å². The van der Waals surface area contributed by atoms with E-state index >= 15 is 0 Å². The van der Waals surface area contributed by atoms with E-state index in [0.29, 0.717) is 12.3 Å². The number of rotatable bonds is 2. The van der Waals surface area contributed by atoms with Gasteiger partial charge < -0.3 is 9.67 Å². The number of nitrogens with zero attached hydrogens (tertiary/aromatic N) is 3. The summed E-state index contributed by atoms with van der Waals surface area (Å²) in [6, 6.07) is -0.453. The van der Waals surface area contributed by atoms with Gasteiger partial charge in [0.15, 0.2) is 0 Å². The number of hydrogen-bond donors (Lipinski definition) is 1. The van der Waals surface area contributed by atoms with Crippen molar-refractivity contribution in [3.8, 4) is 0 Å². The van der Waals surface area contributed by atoms with Crippen LogP contribution in [0.5, 0.6) is 0 Å². The van der Waals surface area contributed by atoms with Crippen molar-refractivity contribution in [3.63, 3.8) is 0 Å². The Bertz CT molecular complexity index is 454. The standard InChI is InChI=1S/C12H17N3O2S/c16-12(17)9-4-1-5-10-13-14-11(15(9)10)8-3-2-6-18-7-8/h8-9H,1-7H2,(H,16,17). The van der Waals surface area contributed by atoms with E-state index in [0.717, 1.165) is 36.7 Å². The molecular formula is C12H17N3O2S. The van der Waals surface area contributed by atoms with Crippen molar-refractivity contribution in [2.24, 2.45) is 0 Å². The van der Waals surface area contributed by atoms with Gasteiger partial charge in [0, 0.05) is 18.1 Å². The first-order chi connectivity index (χ1) is 8.77. The summed E-state index contributed by atoms with van der Waals surface area (Å²) in [5, 5.41) is 17.8. The number of carboxylic acid groups (broad SMARTS) is 1. The van der Waals surface area contributed by atoms with Crippen molar-refractivity contribution < 1.29 is 9.90 Å². The Morgan fingerprint density at radius 1 is 1.33 bits per heavy atom. The molecule has 1 fully saturated rings. The Labute approximate surface area is 110 Å². The maximum atomic E-state index is 11.4. The average molecular weight is 267 g/mol. The highest BCUT2D eigenvalue weighted by Crippen LogP contribution is 2.34. The molecular weight excluding hydrogens is 250 g/mol. The molecule has 0 aliphatic carbocycles. The van der Waals surface area contributed by atoms with Gasteiger partial charge in [-0.25, -0.2) is 4.79 Å². The van der Waals surface area contributed by atoms with Crippen LogP contribution in [0.25, 0.3) is 0 Å². The minimum atomic E-state index is -0.750. The van der Waals surface area contributed by atoms with Gasteiger partial charge in [-0.1, -0.05) is 0 Å². The molecule has 98 valence electrons. The topological polar surface area (TPSA) is 68.0 Å². The normalized spacial score (nSPS) is 27.8. The number of aromatic nitrogens is 3. The van der Waals surface area contributed by atoms with E-state index in [4.69, 9.17) is 0 Å². The summed E-state index contributed by atoms with van der Waals surface area (Å²) in [6.45, 7) is 0. The lowest BCUT2D eigenvalue weighted by molar-refractivity contribution is -0.141. The van der Waals surface area contributed by atoms with Gasteiger partial charge in [-0.15, -0.1) is 10.2 Å². The molecule has 0 radical (unpaired) electrons. The lowest BCUT2D eigenvalue weighted by atomic mass is 10.0. The minimum absolute atomic E-state index is 0.380. The third-order valence-corrected chi connectivity index (χ3v) is 5.01. The quantitative estimate of drug-likeness (QED) is 0.885. The van der Waals surface area contributed by atoms with Crippen LogP contribution < -0.4 is 0 Å². The van der Waals surface area contributed by atoms with E-state index in [1.165, 1.54) is 12.2 Å². The molecule has 3 rings (SSSR count). The van der Waals surface area contributed by atoms with Gasteiger partial charge in [-0.3, -0.25) is 0 Å². The molecule has 0 spiro atoms. The number of carbonyl (C=O) groups is 1. The lowest BCUT2D eigenvalue weighted by Crippen LogP contribution is -2.28. The van der Waals surface area contributed by atoms with Gasteiger partial charge in [0.2, 0.25) is 0 Å². The first-order valence-corrected chi connectivity index (χ1v) is 7.67. The Balaban J connectivity index is 1.96. The molecule has 2 aliphatic rings. The largest absolute Gasteiger partial charge is 0.480 e. The zero-order valence-corrected chi connectivity index (χ0v) is 11.0. The molecule has 18 heavy (non-hydrogen) atoms. The summed E-state index contributed by atoms with van der Waals surface area (Å²) in [7, 11) is 0. The first kappa shape index (κ1) is 12.0. The Hall–Kier alpha value is -1.04. The number of carboxylic acids is 1. The highest BCUT2D eigenvalue weighted by molar-refractivity contribution is 7.99. The summed E-state index contributed by atoms with van der Waals surface area (Å²) >= 11 is 1.93. The highest BCUT2D eigenvalue weighted by Gasteiger charge is 2.32. The molecule has 0 amide bonds. The first-order valence-electron chi connectivity index (χ1n) is 6.51. The second-order valence-electron chi connectivity index (χ2n) is 5.00. The SMILES string of the molecule is O=C(O)C1CCCc2nnc(C3CCCSC3)n21.